The van der Waals surface area contributed by atoms with E-state index in [0.717, 1.165) is 11.1 Å². The van der Waals surface area contributed by atoms with Gasteiger partial charge in [-0.05, 0) is 24.5 Å². The summed E-state index contributed by atoms with van der Waals surface area (Å²) in [6.45, 7) is 8.48. The highest BCUT2D eigenvalue weighted by molar-refractivity contribution is 7.91. The normalized spacial score (nSPS) is 15.7. The number of nitrogens with zero attached hydrogens (tertiary/aromatic N) is 7. The molecule has 0 radical (unpaired) electrons. The number of fused-ring (bicyclic) bond motifs is 1. The van der Waals surface area contributed by atoms with E-state index in [1.54, 1.807) is 35.8 Å². The van der Waals surface area contributed by atoms with Gasteiger partial charge in [-0.15, -0.1) is 10.2 Å². The second-order valence-electron chi connectivity index (χ2n) is 9.99. The Morgan fingerprint density at radius 3 is 2.54 bits per heavy atom. The maximum Gasteiger partial charge on any atom is 0.255 e. The Morgan fingerprint density at radius 1 is 1.16 bits per heavy atom. The van der Waals surface area contributed by atoms with Crippen LogP contribution in [0.2, 0.25) is 0 Å². The number of pyridine rings is 1. The molecule has 1 saturated heterocycles. The number of rotatable bonds is 5. The standard InChI is InChI=1S/C24H27N7O5S/c1-15-11-18(29-36-15)21-27-26-13-19-20(24(2,3)4)22(28-31(19)21)35-14-17-6-5-16(12-25-17)23(32)30-7-9-37(33,34)10-8-30/h5-6,11-13H,7-10,14H2,1-4H3. The van der Waals surface area contributed by atoms with E-state index >= 15 is 0 Å². The average molecular weight is 526 g/mol. The summed E-state index contributed by atoms with van der Waals surface area (Å²) >= 11 is 0. The summed E-state index contributed by atoms with van der Waals surface area (Å²) in [7, 11) is -3.06. The van der Waals surface area contributed by atoms with E-state index in [2.05, 4.69) is 46.2 Å². The summed E-state index contributed by atoms with van der Waals surface area (Å²) in [5, 5.41) is 17.1. The number of hydrogen-bond acceptors (Lipinski definition) is 10. The second kappa shape index (κ2) is 9.21. The summed E-state index contributed by atoms with van der Waals surface area (Å²) in [5.74, 6) is 1.22. The first kappa shape index (κ1) is 24.8. The molecule has 37 heavy (non-hydrogen) atoms. The van der Waals surface area contributed by atoms with E-state index in [1.165, 1.54) is 11.1 Å². The zero-order valence-corrected chi connectivity index (χ0v) is 21.8. The lowest BCUT2D eigenvalue weighted by atomic mass is 9.88. The summed E-state index contributed by atoms with van der Waals surface area (Å²) in [5.41, 5.74) is 2.80. The first-order chi connectivity index (χ1) is 17.5. The van der Waals surface area contributed by atoms with Gasteiger partial charge >= 0.3 is 0 Å². The van der Waals surface area contributed by atoms with Crippen LogP contribution in [-0.4, -0.2) is 73.8 Å². The minimum atomic E-state index is -3.06. The third-order valence-corrected chi connectivity index (χ3v) is 7.70. The predicted octanol–water partition coefficient (Wildman–Crippen LogP) is 2.23. The molecule has 0 spiro atoms. The Morgan fingerprint density at radius 2 is 1.92 bits per heavy atom. The van der Waals surface area contributed by atoms with Crippen LogP contribution < -0.4 is 4.74 Å². The fraction of sp³-hybridized carbons (Fsp3) is 0.417. The molecule has 0 atom stereocenters. The molecule has 0 saturated carbocycles. The van der Waals surface area contributed by atoms with Gasteiger partial charge in [0.05, 0.1) is 34.5 Å². The average Bonchev–Trinajstić information content (AvgIpc) is 3.45. The van der Waals surface area contributed by atoms with Crippen molar-refractivity contribution in [1.29, 1.82) is 0 Å². The van der Waals surface area contributed by atoms with Gasteiger partial charge in [0.2, 0.25) is 11.7 Å². The first-order valence-corrected chi connectivity index (χ1v) is 13.6. The highest BCUT2D eigenvalue weighted by Crippen LogP contribution is 2.36. The highest BCUT2D eigenvalue weighted by atomic mass is 32.2. The van der Waals surface area contributed by atoms with Gasteiger partial charge in [0.15, 0.2) is 15.5 Å². The van der Waals surface area contributed by atoms with Gasteiger partial charge in [-0.25, -0.2) is 12.9 Å². The van der Waals surface area contributed by atoms with Crippen molar-refractivity contribution >= 4 is 21.3 Å². The third-order valence-electron chi connectivity index (χ3n) is 6.09. The van der Waals surface area contributed by atoms with Crippen molar-refractivity contribution in [2.75, 3.05) is 24.6 Å². The van der Waals surface area contributed by atoms with Gasteiger partial charge < -0.3 is 14.2 Å². The molecule has 194 valence electrons. The smallest absolute Gasteiger partial charge is 0.255 e. The van der Waals surface area contributed by atoms with Crippen LogP contribution in [0.3, 0.4) is 0 Å². The van der Waals surface area contributed by atoms with Gasteiger partial charge in [-0.3, -0.25) is 9.78 Å². The fourth-order valence-electron chi connectivity index (χ4n) is 4.19. The van der Waals surface area contributed by atoms with E-state index in [0.29, 0.717) is 34.4 Å². The minimum Gasteiger partial charge on any atom is -0.470 e. The van der Waals surface area contributed by atoms with Crippen LogP contribution in [0, 0.1) is 6.92 Å². The fourth-order valence-corrected chi connectivity index (χ4v) is 5.39. The van der Waals surface area contributed by atoms with Gasteiger partial charge in [-0.2, -0.15) is 5.10 Å². The number of carbonyl (C=O) groups excluding carboxylic acids is 1. The Balaban J connectivity index is 1.37. The molecule has 5 rings (SSSR count). The van der Waals surface area contributed by atoms with Gasteiger partial charge in [-0.1, -0.05) is 25.9 Å². The summed E-state index contributed by atoms with van der Waals surface area (Å²) in [6, 6.07) is 5.15. The molecule has 0 N–H and O–H groups in total. The largest absolute Gasteiger partial charge is 0.470 e. The molecule has 5 heterocycles. The first-order valence-electron chi connectivity index (χ1n) is 11.8. The van der Waals surface area contributed by atoms with Crippen LogP contribution in [0.15, 0.2) is 35.1 Å². The molecule has 12 nitrogen and oxygen atoms in total. The van der Waals surface area contributed by atoms with Gasteiger partial charge in [0.1, 0.15) is 12.4 Å². The summed E-state index contributed by atoms with van der Waals surface area (Å²) in [4.78, 5) is 18.6. The van der Waals surface area contributed by atoms with Crippen molar-refractivity contribution in [3.05, 3.63) is 53.2 Å². The second-order valence-corrected chi connectivity index (χ2v) is 12.3. The lowest BCUT2D eigenvalue weighted by Crippen LogP contribution is -2.43. The number of sulfone groups is 1. The molecule has 1 aliphatic heterocycles. The number of amides is 1. The molecule has 1 aliphatic rings. The van der Waals surface area contributed by atoms with Crippen LogP contribution in [-0.2, 0) is 21.9 Å². The molecule has 0 aromatic carbocycles. The molecule has 13 heteroatoms. The Kier molecular flexibility index (Phi) is 6.18. The van der Waals surface area contributed by atoms with Crippen molar-refractivity contribution in [2.24, 2.45) is 0 Å². The number of ether oxygens (including phenoxy) is 1. The molecule has 0 bridgehead atoms. The lowest BCUT2D eigenvalue weighted by Gasteiger charge is -2.26. The van der Waals surface area contributed by atoms with Crippen molar-refractivity contribution in [3.8, 4) is 17.4 Å². The van der Waals surface area contributed by atoms with E-state index in [9.17, 15) is 13.2 Å². The minimum absolute atomic E-state index is 0.0176. The van der Waals surface area contributed by atoms with E-state index < -0.39 is 9.84 Å². The molecule has 0 unspecified atom stereocenters. The SMILES string of the molecule is Cc1cc(-c2nncc3c(C(C)(C)C)c(OCc4ccc(C(=O)N5CCS(=O)(=O)CC5)cn4)nn23)no1. The number of hydrogen-bond donors (Lipinski definition) is 0. The molecule has 1 fully saturated rings. The Labute approximate surface area is 213 Å². The van der Waals surface area contributed by atoms with Gasteiger partial charge in [0.25, 0.3) is 5.91 Å². The van der Waals surface area contributed by atoms with Crippen molar-refractivity contribution in [2.45, 2.75) is 39.7 Å². The summed E-state index contributed by atoms with van der Waals surface area (Å²) < 4.78 is 36.2. The van der Waals surface area contributed by atoms with Crippen LogP contribution in [0.1, 0.15) is 48.1 Å². The van der Waals surface area contributed by atoms with E-state index in [4.69, 9.17) is 9.26 Å². The van der Waals surface area contributed by atoms with Crippen LogP contribution >= 0.6 is 0 Å². The molecular weight excluding hydrogens is 498 g/mol. The zero-order valence-electron chi connectivity index (χ0n) is 21.0. The highest BCUT2D eigenvalue weighted by Gasteiger charge is 2.29. The van der Waals surface area contributed by atoms with Crippen LogP contribution in [0.25, 0.3) is 17.0 Å². The topological polar surface area (TPSA) is 146 Å². The monoisotopic (exact) mass is 525 g/mol. The van der Waals surface area contributed by atoms with Gasteiger partial charge in [0, 0.05) is 30.9 Å². The number of aromatic nitrogens is 6. The molecule has 4 aromatic rings. The summed E-state index contributed by atoms with van der Waals surface area (Å²) in [6.07, 6.45) is 3.12. The van der Waals surface area contributed by atoms with E-state index in [-0.39, 0.29) is 42.5 Å². The Hall–Kier alpha value is -3.87. The van der Waals surface area contributed by atoms with Crippen LogP contribution in [0.4, 0.5) is 0 Å². The number of aryl methyl sites for hydroxylation is 1. The van der Waals surface area contributed by atoms with Crippen LogP contribution in [0.5, 0.6) is 5.88 Å². The van der Waals surface area contributed by atoms with E-state index in [1.807, 2.05) is 0 Å². The van der Waals surface area contributed by atoms with Crippen molar-refractivity contribution in [1.82, 2.24) is 34.9 Å². The molecule has 4 aromatic heterocycles. The Bertz CT molecular complexity index is 1560. The number of carbonyl (C=O) groups is 1. The predicted molar refractivity (Wildman–Crippen MR) is 133 cm³/mol. The lowest BCUT2D eigenvalue weighted by molar-refractivity contribution is 0.0769. The molecule has 1 amide bonds. The zero-order chi connectivity index (χ0) is 26.4. The third kappa shape index (κ3) is 5.03. The quantitative estimate of drug-likeness (QED) is 0.380. The maximum atomic E-state index is 12.7. The molecular formula is C24H27N7O5S. The molecule has 0 aliphatic carbocycles. The van der Waals surface area contributed by atoms with Crippen molar-refractivity contribution in [3.63, 3.8) is 0 Å². The van der Waals surface area contributed by atoms with Crippen molar-refractivity contribution < 1.29 is 22.5 Å². The maximum absolute atomic E-state index is 12.7.